The van der Waals surface area contributed by atoms with Crippen molar-refractivity contribution in [3.05, 3.63) is 59.7 Å². The standard InChI is InChI=1S/C31H44N4O6/c1-19(2)16-17-21(4)35(29(39)24(18-26(32)37)34-30(40)41-31(5,6)7)27(22-13-9-11-15-25(22)36)28(38)33-23-14-10-8-12-20(23)3/h8-15,19,21,24,27,36H,16-18H2,1-7H3,(H2,32,37)(H,33,38)(H,34,40). The summed E-state index contributed by atoms with van der Waals surface area (Å²) in [6.45, 7) is 12.7. The quantitative estimate of drug-likeness (QED) is 0.289. The summed E-state index contributed by atoms with van der Waals surface area (Å²) in [5, 5.41) is 16.2. The van der Waals surface area contributed by atoms with Gasteiger partial charge in [-0.25, -0.2) is 4.79 Å². The molecule has 0 radical (unpaired) electrons. The van der Waals surface area contributed by atoms with Crippen molar-refractivity contribution >= 4 is 29.5 Å². The number of hydrogen-bond acceptors (Lipinski definition) is 6. The molecule has 10 heteroatoms. The average Bonchev–Trinajstić information content (AvgIpc) is 2.85. The summed E-state index contributed by atoms with van der Waals surface area (Å²) in [7, 11) is 0. The Morgan fingerprint density at radius 1 is 0.976 bits per heavy atom. The maximum absolute atomic E-state index is 14.3. The van der Waals surface area contributed by atoms with Crippen molar-refractivity contribution in [2.45, 2.75) is 91.5 Å². The van der Waals surface area contributed by atoms with Crippen LogP contribution in [-0.4, -0.2) is 51.5 Å². The number of hydrogen-bond donors (Lipinski definition) is 4. The zero-order chi connectivity index (χ0) is 30.9. The number of para-hydroxylation sites is 2. The highest BCUT2D eigenvalue weighted by Crippen LogP contribution is 2.34. The number of primary amides is 1. The summed E-state index contributed by atoms with van der Waals surface area (Å²) in [5.74, 6) is -1.98. The molecular weight excluding hydrogens is 524 g/mol. The number of aromatic hydroxyl groups is 1. The van der Waals surface area contributed by atoms with Gasteiger partial charge in [-0.3, -0.25) is 14.4 Å². The Labute approximate surface area is 242 Å². The molecule has 2 aromatic rings. The SMILES string of the molecule is Cc1ccccc1NC(=O)C(c1ccccc1O)N(C(=O)C(CC(N)=O)NC(=O)OC(C)(C)C)C(C)CCC(C)C. The number of benzene rings is 2. The van der Waals surface area contributed by atoms with Gasteiger partial charge < -0.3 is 31.1 Å². The molecule has 41 heavy (non-hydrogen) atoms. The normalized spacial score (nSPS) is 13.6. The first-order chi connectivity index (χ1) is 19.1. The van der Waals surface area contributed by atoms with E-state index in [1.54, 1.807) is 58.0 Å². The molecule has 0 aromatic heterocycles. The third kappa shape index (κ3) is 10.1. The van der Waals surface area contributed by atoms with E-state index in [9.17, 15) is 24.3 Å². The van der Waals surface area contributed by atoms with Gasteiger partial charge in [0.25, 0.3) is 5.91 Å². The second-order valence-electron chi connectivity index (χ2n) is 11.7. The van der Waals surface area contributed by atoms with Crippen molar-refractivity contribution in [1.29, 1.82) is 0 Å². The van der Waals surface area contributed by atoms with Gasteiger partial charge in [0.1, 0.15) is 23.4 Å². The van der Waals surface area contributed by atoms with Crippen LogP contribution in [0.25, 0.3) is 0 Å². The summed E-state index contributed by atoms with van der Waals surface area (Å²) in [6, 6.07) is 10.2. The molecular formula is C31H44N4O6. The van der Waals surface area contributed by atoms with Crippen molar-refractivity contribution < 1.29 is 29.0 Å². The molecule has 2 rings (SSSR count). The lowest BCUT2D eigenvalue weighted by molar-refractivity contribution is -0.144. The number of amides is 4. The van der Waals surface area contributed by atoms with Crippen LogP contribution in [-0.2, 0) is 19.1 Å². The smallest absolute Gasteiger partial charge is 0.408 e. The van der Waals surface area contributed by atoms with Crippen LogP contribution in [0.2, 0.25) is 0 Å². The fourth-order valence-corrected chi connectivity index (χ4v) is 4.39. The van der Waals surface area contributed by atoms with Crippen LogP contribution in [0.3, 0.4) is 0 Å². The van der Waals surface area contributed by atoms with Gasteiger partial charge in [0.15, 0.2) is 0 Å². The van der Waals surface area contributed by atoms with E-state index < -0.39 is 54.0 Å². The Bertz CT molecular complexity index is 1220. The van der Waals surface area contributed by atoms with E-state index in [1.165, 1.54) is 11.0 Å². The Balaban J connectivity index is 2.66. The number of ether oxygens (including phenoxy) is 1. The van der Waals surface area contributed by atoms with E-state index in [0.29, 0.717) is 18.0 Å². The topological polar surface area (TPSA) is 151 Å². The van der Waals surface area contributed by atoms with Crippen LogP contribution in [0.1, 0.15) is 78.0 Å². The molecule has 3 unspecified atom stereocenters. The summed E-state index contributed by atoms with van der Waals surface area (Å²) in [4.78, 5) is 54.4. The van der Waals surface area contributed by atoms with E-state index >= 15 is 0 Å². The molecule has 5 N–H and O–H groups in total. The Morgan fingerprint density at radius 3 is 2.15 bits per heavy atom. The minimum Gasteiger partial charge on any atom is -0.508 e. The van der Waals surface area contributed by atoms with Gasteiger partial charge in [-0.15, -0.1) is 0 Å². The van der Waals surface area contributed by atoms with Gasteiger partial charge in [-0.1, -0.05) is 50.2 Å². The maximum Gasteiger partial charge on any atom is 0.408 e. The molecule has 4 amide bonds. The van der Waals surface area contributed by atoms with Crippen LogP contribution in [0.4, 0.5) is 10.5 Å². The number of anilines is 1. The maximum atomic E-state index is 14.3. The molecule has 224 valence electrons. The zero-order valence-corrected chi connectivity index (χ0v) is 25.1. The number of phenolic OH excluding ortho intramolecular Hbond substituents is 1. The first kappa shape index (κ1) is 33.1. The van der Waals surface area contributed by atoms with Gasteiger partial charge in [-0.05, 0) is 71.1 Å². The number of nitrogens with one attached hydrogen (secondary N) is 2. The Morgan fingerprint density at radius 2 is 1.59 bits per heavy atom. The lowest BCUT2D eigenvalue weighted by Gasteiger charge is -2.38. The predicted molar refractivity (Wildman–Crippen MR) is 158 cm³/mol. The minimum absolute atomic E-state index is 0.183. The van der Waals surface area contributed by atoms with Crippen LogP contribution in [0, 0.1) is 12.8 Å². The molecule has 0 spiro atoms. The molecule has 2 aromatic carbocycles. The van der Waals surface area contributed by atoms with Crippen molar-refractivity contribution in [3.63, 3.8) is 0 Å². The molecule has 3 atom stereocenters. The average molecular weight is 569 g/mol. The van der Waals surface area contributed by atoms with Crippen molar-refractivity contribution in [2.24, 2.45) is 11.7 Å². The fourth-order valence-electron chi connectivity index (χ4n) is 4.39. The molecule has 0 saturated carbocycles. The highest BCUT2D eigenvalue weighted by molar-refractivity contribution is 6.00. The third-order valence-corrected chi connectivity index (χ3v) is 6.45. The second kappa shape index (κ2) is 14.5. The van der Waals surface area contributed by atoms with Gasteiger partial charge in [0.2, 0.25) is 11.8 Å². The Kier molecular flexibility index (Phi) is 11.7. The van der Waals surface area contributed by atoms with Gasteiger partial charge >= 0.3 is 6.09 Å². The summed E-state index contributed by atoms with van der Waals surface area (Å²) < 4.78 is 5.33. The number of aryl methyl sites for hydroxylation is 1. The van der Waals surface area contributed by atoms with Gasteiger partial charge in [0.05, 0.1) is 6.42 Å². The molecule has 0 aliphatic carbocycles. The van der Waals surface area contributed by atoms with Gasteiger partial charge in [0, 0.05) is 17.3 Å². The van der Waals surface area contributed by atoms with Gasteiger partial charge in [-0.2, -0.15) is 0 Å². The largest absolute Gasteiger partial charge is 0.508 e. The molecule has 0 aliphatic rings. The molecule has 0 heterocycles. The van der Waals surface area contributed by atoms with Crippen molar-refractivity contribution in [2.75, 3.05) is 5.32 Å². The molecule has 10 nitrogen and oxygen atoms in total. The molecule has 0 fully saturated rings. The first-order valence-corrected chi connectivity index (χ1v) is 13.8. The van der Waals surface area contributed by atoms with E-state index in [-0.39, 0.29) is 11.3 Å². The number of rotatable bonds is 12. The number of phenols is 1. The van der Waals surface area contributed by atoms with Crippen molar-refractivity contribution in [3.8, 4) is 5.75 Å². The molecule has 0 bridgehead atoms. The lowest BCUT2D eigenvalue weighted by Crippen LogP contribution is -2.55. The van der Waals surface area contributed by atoms with E-state index in [2.05, 4.69) is 10.6 Å². The highest BCUT2D eigenvalue weighted by Gasteiger charge is 2.40. The van der Waals surface area contributed by atoms with Crippen LogP contribution >= 0.6 is 0 Å². The van der Waals surface area contributed by atoms with Crippen LogP contribution < -0.4 is 16.4 Å². The number of nitrogens with zero attached hydrogens (tertiary/aromatic N) is 1. The van der Waals surface area contributed by atoms with E-state index in [0.717, 1.165) is 12.0 Å². The Hall–Kier alpha value is -4.08. The molecule has 0 aliphatic heterocycles. The zero-order valence-electron chi connectivity index (χ0n) is 25.1. The second-order valence-corrected chi connectivity index (χ2v) is 11.7. The third-order valence-electron chi connectivity index (χ3n) is 6.45. The highest BCUT2D eigenvalue weighted by atomic mass is 16.6. The lowest BCUT2D eigenvalue weighted by atomic mass is 9.96. The predicted octanol–water partition coefficient (Wildman–Crippen LogP) is 4.80. The molecule has 0 saturated heterocycles. The van der Waals surface area contributed by atoms with Crippen LogP contribution in [0.5, 0.6) is 5.75 Å². The minimum atomic E-state index is -1.41. The number of carbonyl (C=O) groups is 4. The summed E-state index contributed by atoms with van der Waals surface area (Å²) in [6.07, 6.45) is -0.174. The monoisotopic (exact) mass is 568 g/mol. The van der Waals surface area contributed by atoms with Crippen LogP contribution in [0.15, 0.2) is 48.5 Å². The van der Waals surface area contributed by atoms with Crippen molar-refractivity contribution in [1.82, 2.24) is 10.2 Å². The summed E-state index contributed by atoms with van der Waals surface area (Å²) >= 11 is 0. The van der Waals surface area contributed by atoms with E-state index in [1.807, 2.05) is 32.9 Å². The summed E-state index contributed by atoms with van der Waals surface area (Å²) in [5.41, 5.74) is 6.16. The van der Waals surface area contributed by atoms with E-state index in [4.69, 9.17) is 10.5 Å². The fraction of sp³-hybridized carbons (Fsp3) is 0.484. The number of nitrogens with two attached hydrogens (primary N) is 1. The number of carbonyl (C=O) groups excluding carboxylic acids is 4. The first-order valence-electron chi connectivity index (χ1n) is 13.8. The number of alkyl carbamates (subject to hydrolysis) is 1.